The topological polar surface area (TPSA) is 49.3 Å². The van der Waals surface area contributed by atoms with Crippen molar-refractivity contribution in [1.29, 1.82) is 0 Å². The number of rotatable bonds is 0. The summed E-state index contributed by atoms with van der Waals surface area (Å²) in [5.41, 5.74) is 0. The van der Waals surface area contributed by atoms with Crippen LogP contribution in [0, 0.1) is 0 Å². The van der Waals surface area contributed by atoms with Crippen LogP contribution >= 0.6 is 0 Å². The maximum absolute atomic E-state index is 12.0. The van der Waals surface area contributed by atoms with Gasteiger partial charge in [-0.2, -0.15) is 13.2 Å². The molecule has 2 atom stereocenters. The Labute approximate surface area is 66.6 Å². The number of halogens is 3. The third kappa shape index (κ3) is 2.10. The van der Waals surface area contributed by atoms with Crippen LogP contribution in [0.1, 0.15) is 12.8 Å². The smallest absolute Gasteiger partial charge is 0.393 e. The Hall–Kier alpha value is -0.780. The lowest BCUT2D eigenvalue weighted by Crippen LogP contribution is -2.51. The molecule has 1 rings (SSSR count). The third-order valence-electron chi connectivity index (χ3n) is 1.66. The lowest BCUT2D eigenvalue weighted by atomic mass is 10.0. The van der Waals surface area contributed by atoms with Crippen molar-refractivity contribution < 1.29 is 23.1 Å². The third-order valence-corrected chi connectivity index (χ3v) is 1.66. The molecule has 12 heavy (non-hydrogen) atoms. The maximum atomic E-state index is 12.0. The van der Waals surface area contributed by atoms with E-state index in [0.717, 1.165) is 0 Å². The fourth-order valence-electron chi connectivity index (χ4n) is 1.10. The lowest BCUT2D eigenvalue weighted by molar-refractivity contribution is -0.173. The highest BCUT2D eigenvalue weighted by Crippen LogP contribution is 2.26. The molecule has 0 aromatic rings. The zero-order valence-corrected chi connectivity index (χ0v) is 6.06. The first kappa shape index (κ1) is 9.31. The molecule has 1 saturated heterocycles. The molecule has 2 N–H and O–H groups in total. The van der Waals surface area contributed by atoms with Crippen LogP contribution < -0.4 is 5.32 Å². The molecule has 6 heteroatoms. The van der Waals surface area contributed by atoms with Gasteiger partial charge in [0.1, 0.15) is 6.04 Å². The number of alkyl halides is 3. The van der Waals surface area contributed by atoms with E-state index >= 15 is 0 Å². The molecule has 3 nitrogen and oxygen atoms in total. The van der Waals surface area contributed by atoms with Gasteiger partial charge in [0.15, 0.2) is 0 Å². The lowest BCUT2D eigenvalue weighted by Gasteiger charge is -2.28. The van der Waals surface area contributed by atoms with Gasteiger partial charge in [0, 0.05) is 6.42 Å². The Balaban J connectivity index is 2.62. The molecular formula is C6H8F3NO2. The summed E-state index contributed by atoms with van der Waals surface area (Å²) in [6.45, 7) is 0. The average Bonchev–Trinajstić information content (AvgIpc) is 1.82. The van der Waals surface area contributed by atoms with Crippen LogP contribution in [0.15, 0.2) is 0 Å². The molecule has 1 heterocycles. The maximum Gasteiger partial charge on any atom is 0.408 e. The molecule has 2 unspecified atom stereocenters. The SMILES string of the molecule is O=C1CC(O)CC(C(F)(F)F)N1. The van der Waals surface area contributed by atoms with Crippen molar-refractivity contribution in [3.05, 3.63) is 0 Å². The van der Waals surface area contributed by atoms with Crippen molar-refractivity contribution in [1.82, 2.24) is 5.32 Å². The van der Waals surface area contributed by atoms with Gasteiger partial charge < -0.3 is 10.4 Å². The van der Waals surface area contributed by atoms with Crippen LogP contribution in [0.5, 0.6) is 0 Å². The summed E-state index contributed by atoms with van der Waals surface area (Å²) in [6.07, 6.45) is -6.33. The number of hydrogen-bond donors (Lipinski definition) is 2. The Kier molecular flexibility index (Phi) is 2.27. The van der Waals surface area contributed by atoms with Crippen molar-refractivity contribution in [3.8, 4) is 0 Å². The predicted molar refractivity (Wildman–Crippen MR) is 33.2 cm³/mol. The van der Waals surface area contributed by atoms with E-state index < -0.39 is 30.7 Å². The second-order valence-electron chi connectivity index (χ2n) is 2.76. The fraction of sp³-hybridized carbons (Fsp3) is 0.833. The number of aliphatic hydroxyl groups excluding tert-OH is 1. The van der Waals surface area contributed by atoms with Gasteiger partial charge in [0.2, 0.25) is 5.91 Å². The molecule has 0 radical (unpaired) electrons. The Morgan fingerprint density at radius 3 is 2.50 bits per heavy atom. The largest absolute Gasteiger partial charge is 0.408 e. The first-order valence-electron chi connectivity index (χ1n) is 3.43. The van der Waals surface area contributed by atoms with E-state index in [2.05, 4.69) is 0 Å². The number of carbonyl (C=O) groups excluding carboxylic acids is 1. The average molecular weight is 183 g/mol. The summed E-state index contributed by atoms with van der Waals surface area (Å²) in [6, 6.07) is -1.89. The molecule has 0 aliphatic carbocycles. The molecule has 1 fully saturated rings. The summed E-state index contributed by atoms with van der Waals surface area (Å²) < 4.78 is 35.9. The Bertz CT molecular complexity index is 192. The fourth-order valence-corrected chi connectivity index (χ4v) is 1.10. The number of aliphatic hydroxyl groups is 1. The van der Waals surface area contributed by atoms with Gasteiger partial charge >= 0.3 is 6.18 Å². The van der Waals surface area contributed by atoms with E-state index in [1.165, 1.54) is 0 Å². The summed E-state index contributed by atoms with van der Waals surface area (Å²) in [7, 11) is 0. The van der Waals surface area contributed by atoms with Gasteiger partial charge in [-0.15, -0.1) is 0 Å². The van der Waals surface area contributed by atoms with Gasteiger partial charge in [0.05, 0.1) is 12.5 Å². The van der Waals surface area contributed by atoms with Crippen LogP contribution in [-0.2, 0) is 4.79 Å². The highest BCUT2D eigenvalue weighted by Gasteiger charge is 2.44. The van der Waals surface area contributed by atoms with Gasteiger partial charge in [-0.3, -0.25) is 4.79 Å². The van der Waals surface area contributed by atoms with Gasteiger partial charge in [0.25, 0.3) is 0 Å². The molecule has 1 amide bonds. The second kappa shape index (κ2) is 2.93. The molecular weight excluding hydrogens is 175 g/mol. The van der Waals surface area contributed by atoms with E-state index in [1.807, 2.05) is 0 Å². The molecule has 1 aliphatic heterocycles. The second-order valence-corrected chi connectivity index (χ2v) is 2.76. The molecule has 0 aromatic heterocycles. The van der Waals surface area contributed by atoms with Crippen molar-refractivity contribution >= 4 is 5.91 Å². The Morgan fingerprint density at radius 2 is 2.08 bits per heavy atom. The minimum Gasteiger partial charge on any atom is -0.393 e. The van der Waals surface area contributed by atoms with Crippen molar-refractivity contribution in [3.63, 3.8) is 0 Å². The van der Waals surface area contributed by atoms with Gasteiger partial charge in [-0.05, 0) is 0 Å². The quantitative estimate of drug-likeness (QED) is 0.563. The number of amides is 1. The minimum atomic E-state index is -4.46. The van der Waals surface area contributed by atoms with Crippen LogP contribution in [0.2, 0.25) is 0 Å². The van der Waals surface area contributed by atoms with Crippen LogP contribution in [0.25, 0.3) is 0 Å². The number of carbonyl (C=O) groups is 1. The minimum absolute atomic E-state index is 0.243. The number of nitrogens with one attached hydrogen (secondary N) is 1. The van der Waals surface area contributed by atoms with Crippen LogP contribution in [0.4, 0.5) is 13.2 Å². The first-order chi connectivity index (χ1) is 5.39. The highest BCUT2D eigenvalue weighted by molar-refractivity contribution is 5.77. The van der Waals surface area contributed by atoms with Crippen LogP contribution in [-0.4, -0.2) is 29.3 Å². The van der Waals surface area contributed by atoms with E-state index in [0.29, 0.717) is 0 Å². The summed E-state index contributed by atoms with van der Waals surface area (Å²) in [5, 5.41) is 10.6. The molecule has 0 saturated carbocycles. The normalized spacial score (nSPS) is 31.5. The van der Waals surface area contributed by atoms with E-state index in [4.69, 9.17) is 5.11 Å². The molecule has 0 bridgehead atoms. The summed E-state index contributed by atoms with van der Waals surface area (Å²) in [4.78, 5) is 10.6. The monoisotopic (exact) mass is 183 g/mol. The van der Waals surface area contributed by atoms with E-state index in [-0.39, 0.29) is 6.42 Å². The zero-order valence-electron chi connectivity index (χ0n) is 6.06. The standard InChI is InChI=1S/C6H8F3NO2/c7-6(8,9)4-1-3(11)2-5(12)10-4/h3-4,11H,1-2H2,(H,10,12). The molecule has 1 aliphatic rings. The summed E-state index contributed by atoms with van der Waals surface area (Å²) >= 11 is 0. The van der Waals surface area contributed by atoms with Crippen molar-refractivity contribution in [2.24, 2.45) is 0 Å². The molecule has 0 aromatic carbocycles. The molecule has 0 spiro atoms. The van der Waals surface area contributed by atoms with Crippen molar-refractivity contribution in [2.45, 2.75) is 31.2 Å². The highest BCUT2D eigenvalue weighted by atomic mass is 19.4. The van der Waals surface area contributed by atoms with E-state index in [1.54, 1.807) is 5.32 Å². The van der Waals surface area contributed by atoms with Crippen molar-refractivity contribution in [2.75, 3.05) is 0 Å². The zero-order chi connectivity index (χ0) is 9.35. The van der Waals surface area contributed by atoms with Gasteiger partial charge in [-0.25, -0.2) is 0 Å². The van der Waals surface area contributed by atoms with Crippen LogP contribution in [0.3, 0.4) is 0 Å². The molecule has 70 valence electrons. The number of piperidine rings is 1. The number of hydrogen-bond acceptors (Lipinski definition) is 2. The Morgan fingerprint density at radius 1 is 1.50 bits per heavy atom. The summed E-state index contributed by atoms with van der Waals surface area (Å²) in [5.74, 6) is -0.754. The van der Waals surface area contributed by atoms with E-state index in [9.17, 15) is 18.0 Å². The van der Waals surface area contributed by atoms with Gasteiger partial charge in [-0.1, -0.05) is 0 Å². The first-order valence-corrected chi connectivity index (χ1v) is 3.43. The predicted octanol–water partition coefficient (Wildman–Crippen LogP) is 0.188.